The fraction of sp³-hybridized carbons (Fsp3) is 0.700. The van der Waals surface area contributed by atoms with Crippen LogP contribution in [0.25, 0.3) is 0 Å². The Bertz CT molecular complexity index is 154. The van der Waals surface area contributed by atoms with Crippen molar-refractivity contribution < 1.29 is 0 Å². The molecule has 0 aromatic carbocycles. The van der Waals surface area contributed by atoms with Crippen LogP contribution in [0.4, 0.5) is 0 Å². The summed E-state index contributed by atoms with van der Waals surface area (Å²) < 4.78 is 0. The number of rotatable bonds is 4. The normalized spacial score (nSPS) is 13.8. The molecule has 0 bridgehead atoms. The van der Waals surface area contributed by atoms with Gasteiger partial charge in [0.1, 0.15) is 0 Å². The summed E-state index contributed by atoms with van der Waals surface area (Å²) in [5.74, 6) is 0. The minimum absolute atomic E-state index is 0.896. The molecular weight excluding hydrogens is 134 g/mol. The van der Waals surface area contributed by atoms with Gasteiger partial charge in [-0.15, -0.1) is 0 Å². The molecule has 0 unspecified atom stereocenters. The summed E-state index contributed by atoms with van der Waals surface area (Å²) in [6.07, 6.45) is 4.53. The smallest absolute Gasteiger partial charge is 0.0364 e. The van der Waals surface area contributed by atoms with E-state index in [0.717, 1.165) is 13.0 Å². The van der Waals surface area contributed by atoms with E-state index in [4.69, 9.17) is 0 Å². The largest absolute Gasteiger partial charge is 0.290 e. The highest BCUT2D eigenvalue weighted by atomic mass is 14.7. The lowest BCUT2D eigenvalue weighted by Gasteiger charge is -2.03. The number of aliphatic imine (C=N–C) groups is 1. The van der Waals surface area contributed by atoms with Crippen molar-refractivity contribution >= 4 is 5.71 Å². The minimum Gasteiger partial charge on any atom is -0.290 e. The lowest BCUT2D eigenvalue weighted by atomic mass is 10.1. The van der Waals surface area contributed by atoms with Gasteiger partial charge in [-0.25, -0.2) is 0 Å². The Kier molecular flexibility index (Phi) is 5.81. The maximum atomic E-state index is 4.36. The fourth-order valence-corrected chi connectivity index (χ4v) is 1.14. The van der Waals surface area contributed by atoms with Crippen LogP contribution in [-0.2, 0) is 0 Å². The molecule has 0 amide bonds. The summed E-state index contributed by atoms with van der Waals surface area (Å²) in [6, 6.07) is 0. The van der Waals surface area contributed by atoms with Gasteiger partial charge in [0.2, 0.25) is 0 Å². The van der Waals surface area contributed by atoms with Gasteiger partial charge in [-0.1, -0.05) is 19.4 Å². The zero-order valence-electron chi connectivity index (χ0n) is 8.15. The van der Waals surface area contributed by atoms with Crippen molar-refractivity contribution in [2.45, 2.75) is 40.5 Å². The molecule has 0 saturated carbocycles. The van der Waals surface area contributed by atoms with Crippen LogP contribution in [0.5, 0.6) is 0 Å². The Balaban J connectivity index is 4.15. The minimum atomic E-state index is 0.896. The topological polar surface area (TPSA) is 12.4 Å². The van der Waals surface area contributed by atoms with Crippen LogP contribution in [0.3, 0.4) is 0 Å². The Hall–Kier alpha value is -0.590. The zero-order valence-corrected chi connectivity index (χ0v) is 8.15. The maximum absolute atomic E-state index is 4.36. The molecule has 0 saturated heterocycles. The average Bonchev–Trinajstić information content (AvgIpc) is 2.00. The van der Waals surface area contributed by atoms with Crippen LogP contribution in [0, 0.1) is 0 Å². The predicted octanol–water partition coefficient (Wildman–Crippen LogP) is 3.21. The maximum Gasteiger partial charge on any atom is 0.0364 e. The predicted molar refractivity (Wildman–Crippen MR) is 52.3 cm³/mol. The molecular formula is C10H19N. The van der Waals surface area contributed by atoms with Gasteiger partial charge in [0.15, 0.2) is 0 Å². The molecule has 0 atom stereocenters. The second kappa shape index (κ2) is 6.14. The molecule has 0 aliphatic carbocycles. The highest BCUT2D eigenvalue weighted by Gasteiger charge is 1.96. The van der Waals surface area contributed by atoms with Crippen molar-refractivity contribution in [1.29, 1.82) is 0 Å². The van der Waals surface area contributed by atoms with E-state index < -0.39 is 0 Å². The van der Waals surface area contributed by atoms with E-state index >= 15 is 0 Å². The first-order chi connectivity index (χ1) is 5.26. The average molecular weight is 153 g/mol. The Morgan fingerprint density at radius 2 is 2.00 bits per heavy atom. The van der Waals surface area contributed by atoms with Gasteiger partial charge in [-0.3, -0.25) is 4.99 Å². The van der Waals surface area contributed by atoms with Crippen LogP contribution in [0.15, 0.2) is 16.6 Å². The summed E-state index contributed by atoms with van der Waals surface area (Å²) >= 11 is 0. The molecule has 0 heterocycles. The van der Waals surface area contributed by atoms with Crippen molar-refractivity contribution in [3.05, 3.63) is 11.6 Å². The molecule has 1 nitrogen and oxygen atoms in total. The summed E-state index contributed by atoms with van der Waals surface area (Å²) in [6.45, 7) is 9.34. The summed E-state index contributed by atoms with van der Waals surface area (Å²) in [5.41, 5.74) is 2.60. The first-order valence-corrected chi connectivity index (χ1v) is 4.42. The van der Waals surface area contributed by atoms with E-state index in [9.17, 15) is 0 Å². The first-order valence-electron chi connectivity index (χ1n) is 4.42. The molecule has 0 spiro atoms. The molecule has 0 aliphatic heterocycles. The summed E-state index contributed by atoms with van der Waals surface area (Å²) in [5, 5.41) is 0. The van der Waals surface area contributed by atoms with Gasteiger partial charge in [-0.2, -0.15) is 0 Å². The SMILES string of the molecule is CC=C(CCC)C(C)=NCC. The van der Waals surface area contributed by atoms with Gasteiger partial charge in [0, 0.05) is 12.3 Å². The van der Waals surface area contributed by atoms with Crippen LogP contribution in [0.2, 0.25) is 0 Å². The standard InChI is InChI=1S/C10H19N/c1-5-8-10(6-2)9(4)11-7-3/h6H,5,7-8H2,1-4H3. The molecule has 0 radical (unpaired) electrons. The monoisotopic (exact) mass is 153 g/mol. The first kappa shape index (κ1) is 10.4. The van der Waals surface area contributed by atoms with E-state index in [-0.39, 0.29) is 0 Å². The second-order valence-electron chi connectivity index (χ2n) is 2.62. The van der Waals surface area contributed by atoms with E-state index in [1.807, 2.05) is 0 Å². The van der Waals surface area contributed by atoms with E-state index in [1.165, 1.54) is 17.7 Å². The number of hydrogen-bond acceptors (Lipinski definition) is 1. The molecule has 1 heteroatoms. The van der Waals surface area contributed by atoms with Gasteiger partial charge in [0.25, 0.3) is 0 Å². The number of nitrogens with zero attached hydrogens (tertiary/aromatic N) is 1. The van der Waals surface area contributed by atoms with E-state index in [2.05, 4.69) is 38.8 Å². The van der Waals surface area contributed by atoms with Gasteiger partial charge < -0.3 is 0 Å². The zero-order chi connectivity index (χ0) is 8.69. The molecule has 11 heavy (non-hydrogen) atoms. The van der Waals surface area contributed by atoms with Crippen molar-refractivity contribution in [1.82, 2.24) is 0 Å². The van der Waals surface area contributed by atoms with Crippen LogP contribution in [0.1, 0.15) is 40.5 Å². The van der Waals surface area contributed by atoms with E-state index in [1.54, 1.807) is 0 Å². The van der Waals surface area contributed by atoms with Gasteiger partial charge in [0.05, 0.1) is 0 Å². The Morgan fingerprint density at radius 3 is 2.36 bits per heavy atom. The third-order valence-corrected chi connectivity index (χ3v) is 1.73. The third kappa shape index (κ3) is 3.97. The van der Waals surface area contributed by atoms with Crippen molar-refractivity contribution in [2.24, 2.45) is 4.99 Å². The summed E-state index contributed by atoms with van der Waals surface area (Å²) in [7, 11) is 0. The highest BCUT2D eigenvalue weighted by molar-refractivity contribution is 5.98. The van der Waals surface area contributed by atoms with Crippen molar-refractivity contribution in [3.63, 3.8) is 0 Å². The quantitative estimate of drug-likeness (QED) is 0.550. The van der Waals surface area contributed by atoms with Crippen molar-refractivity contribution in [3.8, 4) is 0 Å². The van der Waals surface area contributed by atoms with Crippen LogP contribution < -0.4 is 0 Å². The Morgan fingerprint density at radius 1 is 1.36 bits per heavy atom. The molecule has 0 rings (SSSR count). The lowest BCUT2D eigenvalue weighted by Crippen LogP contribution is -1.97. The molecule has 0 aliphatic rings. The Labute approximate surface area is 70.2 Å². The summed E-state index contributed by atoms with van der Waals surface area (Å²) in [4.78, 5) is 4.36. The van der Waals surface area contributed by atoms with Gasteiger partial charge in [-0.05, 0) is 32.8 Å². The molecule has 64 valence electrons. The van der Waals surface area contributed by atoms with Crippen LogP contribution >= 0.6 is 0 Å². The third-order valence-electron chi connectivity index (χ3n) is 1.73. The fourth-order valence-electron chi connectivity index (χ4n) is 1.14. The van der Waals surface area contributed by atoms with Gasteiger partial charge >= 0.3 is 0 Å². The highest BCUT2D eigenvalue weighted by Crippen LogP contribution is 2.06. The molecule has 0 fully saturated rings. The number of hydrogen-bond donors (Lipinski definition) is 0. The van der Waals surface area contributed by atoms with Crippen molar-refractivity contribution in [2.75, 3.05) is 6.54 Å². The van der Waals surface area contributed by atoms with Crippen LogP contribution in [-0.4, -0.2) is 12.3 Å². The van der Waals surface area contributed by atoms with E-state index in [0.29, 0.717) is 0 Å². The second-order valence-corrected chi connectivity index (χ2v) is 2.62. The number of allylic oxidation sites excluding steroid dienone is 2. The molecule has 0 N–H and O–H groups in total. The lowest BCUT2D eigenvalue weighted by molar-refractivity contribution is 0.929. The molecule has 0 aromatic heterocycles. The molecule has 0 aromatic rings.